The third kappa shape index (κ3) is 20.3. The van der Waals surface area contributed by atoms with Crippen LogP contribution in [0.25, 0.3) is 11.3 Å². The average Bonchev–Trinajstić information content (AvgIpc) is 2.48. The standard InChI is InChI=1S/C28H35N5O6S.C16H15N3O.C14H26N2O3.C2H6.CH2O.2H2/c1-27(2,3)39-26(35)32-13-4-11-28(19-32)20-33(15-16-38-28)40(36,37)23-8-5-21(6-9-23)17-30-25(34)22-7-10-24-29-12-14-31(24)18-22;1-12-2-4-13(5-3-12)10-18-16(20)14-6-7-15-17-8-9-19(15)11-14;1-14(2,3)19-13(18)16-9-7-5-4-6-8-15(12-17)10-11-16;2*1-2;;/h5-10,12,14,18H,4,11,13,15-17,19-20H2,1-3H3,(H,30,34);2-9,11H,10H2,1H3,(H,18,20);12H,4-11H2,1-3H3;1-2H3;1H2;2*1H. The third-order valence-electron chi connectivity index (χ3n) is 13.4. The predicted octanol–water partition coefficient (Wildman–Crippen LogP) is 9.22. The summed E-state index contributed by atoms with van der Waals surface area (Å²) in [6, 6.07) is 21.7. The molecule has 3 aliphatic heterocycles. The predicted molar refractivity (Wildman–Crippen MR) is 321 cm³/mol. The van der Waals surface area contributed by atoms with Gasteiger partial charge in [0.1, 0.15) is 29.3 Å². The van der Waals surface area contributed by atoms with Gasteiger partial charge in [-0.05, 0) is 122 Å². The highest BCUT2D eigenvalue weighted by atomic mass is 32.2. The largest absolute Gasteiger partial charge is 0.444 e. The molecule has 4 aromatic heterocycles. The van der Waals surface area contributed by atoms with E-state index in [0.29, 0.717) is 56.7 Å². The number of rotatable bonds is 9. The van der Waals surface area contributed by atoms with Gasteiger partial charge in [-0.2, -0.15) is 4.31 Å². The van der Waals surface area contributed by atoms with Crippen molar-refractivity contribution in [1.29, 1.82) is 0 Å². The number of fused-ring (bicyclic) bond motifs is 2. The van der Waals surface area contributed by atoms with Gasteiger partial charge < -0.3 is 53.1 Å². The van der Waals surface area contributed by atoms with Crippen LogP contribution in [0.5, 0.6) is 0 Å². The maximum Gasteiger partial charge on any atom is 0.410 e. The summed E-state index contributed by atoms with van der Waals surface area (Å²) in [7, 11) is -3.79. The second-order valence-corrected chi connectivity index (χ2v) is 24.1. The van der Waals surface area contributed by atoms with E-state index in [1.165, 1.54) is 9.87 Å². The Hall–Kier alpha value is -7.69. The number of likely N-dealkylation sites (tertiary alicyclic amines) is 1. The Bertz CT molecular complexity index is 3160. The smallest absolute Gasteiger partial charge is 0.410 e. The summed E-state index contributed by atoms with van der Waals surface area (Å²) < 4.78 is 49.2. The number of hydrogen-bond acceptors (Lipinski definition) is 13. The number of hydrogen-bond donors (Lipinski definition) is 2. The quantitative estimate of drug-likeness (QED) is 0.129. The zero-order valence-corrected chi connectivity index (χ0v) is 50.5. The van der Waals surface area contributed by atoms with E-state index in [0.717, 1.165) is 61.1 Å². The molecule has 1 atom stereocenters. The lowest BCUT2D eigenvalue weighted by molar-refractivity contribution is -0.123. The van der Waals surface area contributed by atoms with Gasteiger partial charge in [0.15, 0.2) is 0 Å². The molecule has 6 aromatic rings. The molecule has 22 heteroatoms. The first-order chi connectivity index (χ1) is 39.6. The number of nitrogens with one attached hydrogen (secondary N) is 2. The van der Waals surface area contributed by atoms with E-state index in [-0.39, 0.29) is 58.4 Å². The van der Waals surface area contributed by atoms with Crippen LogP contribution in [-0.4, -0.2) is 159 Å². The molecule has 0 aliphatic carbocycles. The average molecular weight is 1170 g/mol. The van der Waals surface area contributed by atoms with E-state index < -0.39 is 32.9 Å². The van der Waals surface area contributed by atoms with Gasteiger partial charge in [-0.3, -0.25) is 14.4 Å². The van der Waals surface area contributed by atoms with Crippen molar-refractivity contribution in [3.8, 4) is 0 Å². The van der Waals surface area contributed by atoms with E-state index in [1.807, 2.05) is 110 Å². The zero-order valence-electron chi connectivity index (χ0n) is 49.7. The van der Waals surface area contributed by atoms with Crippen LogP contribution in [0, 0.1) is 6.92 Å². The first-order valence-corrected chi connectivity index (χ1v) is 29.7. The normalized spacial score (nSPS) is 16.9. The molecule has 0 radical (unpaired) electrons. The van der Waals surface area contributed by atoms with Gasteiger partial charge in [-0.1, -0.05) is 68.7 Å². The summed E-state index contributed by atoms with van der Waals surface area (Å²) in [5, 5.41) is 5.79. The Labute approximate surface area is 491 Å². The van der Waals surface area contributed by atoms with Crippen molar-refractivity contribution in [3.05, 3.63) is 138 Å². The second-order valence-electron chi connectivity index (χ2n) is 22.1. The highest BCUT2D eigenvalue weighted by molar-refractivity contribution is 7.89. The van der Waals surface area contributed by atoms with Crippen LogP contribution in [0.15, 0.2) is 115 Å². The lowest BCUT2D eigenvalue weighted by Crippen LogP contribution is -2.61. The van der Waals surface area contributed by atoms with Crippen LogP contribution in [0.3, 0.4) is 0 Å². The third-order valence-corrected chi connectivity index (χ3v) is 15.2. The van der Waals surface area contributed by atoms with Gasteiger partial charge in [0.25, 0.3) is 11.8 Å². The molecule has 7 heterocycles. The summed E-state index contributed by atoms with van der Waals surface area (Å²) in [5.74, 6) is -0.319. The molecule has 0 saturated carbocycles. The van der Waals surface area contributed by atoms with Crippen LogP contribution in [0.4, 0.5) is 9.59 Å². The number of sulfonamides is 1. The Morgan fingerprint density at radius 1 is 0.651 bits per heavy atom. The lowest BCUT2D eigenvalue weighted by atomic mass is 9.91. The topological polar surface area (TPSA) is 236 Å². The fourth-order valence-corrected chi connectivity index (χ4v) is 10.7. The summed E-state index contributed by atoms with van der Waals surface area (Å²) in [5.41, 5.74) is 3.92. The minimum absolute atomic E-state index is 0. The van der Waals surface area contributed by atoms with E-state index in [4.69, 9.17) is 19.0 Å². The molecule has 3 fully saturated rings. The van der Waals surface area contributed by atoms with Crippen molar-refractivity contribution in [3.63, 3.8) is 0 Å². The van der Waals surface area contributed by atoms with Gasteiger partial charge in [0.05, 0.1) is 34.8 Å². The van der Waals surface area contributed by atoms with Crippen LogP contribution >= 0.6 is 0 Å². The summed E-state index contributed by atoms with van der Waals surface area (Å²) in [6.07, 6.45) is 16.2. The SMILES string of the molecule is C=O.CC.CC(C)(C)OC(=O)N1CCCC2(C1)CN(S(=O)(=O)c1ccc(CNC(=O)c3ccc4nccn4c3)cc1)CCO2.CC(C)(C)OC(=O)N1CCCCCCN(C=O)CC1.Cc1ccc(CNC(=O)c2ccc3nccn3c2)cc1.[HH].[HH]. The molecule has 0 bridgehead atoms. The van der Waals surface area contributed by atoms with Crippen LogP contribution in [-0.2, 0) is 46.9 Å². The Morgan fingerprint density at radius 3 is 1.66 bits per heavy atom. The first kappa shape index (κ1) is 66.1. The minimum Gasteiger partial charge on any atom is -0.444 e. The van der Waals surface area contributed by atoms with Crippen molar-refractivity contribution < 1.29 is 54.2 Å². The van der Waals surface area contributed by atoms with E-state index in [9.17, 15) is 32.4 Å². The van der Waals surface area contributed by atoms with Gasteiger partial charge in [-0.15, -0.1) is 0 Å². The van der Waals surface area contributed by atoms with Gasteiger partial charge >= 0.3 is 12.2 Å². The van der Waals surface area contributed by atoms with Crippen molar-refractivity contribution in [2.24, 2.45) is 0 Å². The van der Waals surface area contributed by atoms with Gasteiger partial charge in [0, 0.05) is 98.9 Å². The molecular formula is C61H88N10O11S. The molecule has 2 aromatic carbocycles. The van der Waals surface area contributed by atoms with Crippen molar-refractivity contribution in [2.75, 3.05) is 59.0 Å². The number of piperidine rings is 1. The molecule has 3 aliphatic rings. The fourth-order valence-electron chi connectivity index (χ4n) is 9.21. The van der Waals surface area contributed by atoms with Crippen LogP contribution in [0.1, 0.15) is 134 Å². The van der Waals surface area contributed by atoms with Crippen molar-refractivity contribution in [1.82, 2.24) is 48.4 Å². The Morgan fingerprint density at radius 2 is 1.14 bits per heavy atom. The number of amides is 5. The minimum atomic E-state index is -3.79. The van der Waals surface area contributed by atoms with E-state index in [1.54, 1.807) is 92.5 Å². The summed E-state index contributed by atoms with van der Waals surface area (Å²) >= 11 is 0. The van der Waals surface area contributed by atoms with Crippen molar-refractivity contribution >= 4 is 58.5 Å². The Balaban J connectivity index is 0.000000354. The molecule has 83 heavy (non-hydrogen) atoms. The number of morpholine rings is 1. The number of aromatic nitrogens is 4. The number of imidazole rings is 2. The molecule has 21 nitrogen and oxygen atoms in total. The molecule has 2 N–H and O–H groups in total. The summed E-state index contributed by atoms with van der Waals surface area (Å²) in [6.45, 7) is 24.0. The van der Waals surface area contributed by atoms with Crippen molar-refractivity contribution in [2.45, 2.75) is 136 Å². The first-order valence-electron chi connectivity index (χ1n) is 28.2. The lowest BCUT2D eigenvalue weighted by Gasteiger charge is -2.47. The summed E-state index contributed by atoms with van der Waals surface area (Å²) in [4.78, 5) is 81.9. The maximum atomic E-state index is 13.6. The van der Waals surface area contributed by atoms with E-state index >= 15 is 0 Å². The highest BCUT2D eigenvalue weighted by Crippen LogP contribution is 2.32. The monoisotopic (exact) mass is 1170 g/mol. The van der Waals surface area contributed by atoms with Gasteiger partial charge in [-0.25, -0.2) is 28.0 Å². The molecule has 3 saturated heterocycles. The Kier molecular flexibility index (Phi) is 24.8. The number of ether oxygens (including phenoxy) is 3. The molecule has 1 unspecified atom stereocenters. The molecule has 5 amide bonds. The number of pyridine rings is 2. The number of nitrogens with zero attached hydrogens (tertiary/aromatic N) is 8. The molecular weight excluding hydrogens is 1080 g/mol. The molecule has 9 rings (SSSR count). The number of carbonyl (C=O) groups excluding carboxylic acids is 6. The van der Waals surface area contributed by atoms with Crippen LogP contribution < -0.4 is 10.6 Å². The number of aryl methyl sites for hydroxylation is 1. The fraction of sp³-hybridized carbons (Fsp3) is 0.475. The molecule has 454 valence electrons. The number of carbonyl (C=O) groups is 6. The van der Waals surface area contributed by atoms with Gasteiger partial charge in [0.2, 0.25) is 16.4 Å². The maximum absolute atomic E-state index is 13.6. The number of benzene rings is 2. The second kappa shape index (κ2) is 31.1. The molecule has 1 spiro atoms. The zero-order chi connectivity index (χ0) is 60.8. The van der Waals surface area contributed by atoms with Crippen LogP contribution in [0.2, 0.25) is 0 Å². The van der Waals surface area contributed by atoms with E-state index in [2.05, 4.69) is 20.6 Å². The highest BCUT2D eigenvalue weighted by Gasteiger charge is 2.45.